The van der Waals surface area contributed by atoms with Gasteiger partial charge in [-0.05, 0) is 122 Å². The third-order valence-corrected chi connectivity index (χ3v) is 12.2. The van der Waals surface area contributed by atoms with Crippen molar-refractivity contribution in [3.63, 3.8) is 0 Å². The van der Waals surface area contributed by atoms with E-state index < -0.39 is 0 Å². The van der Waals surface area contributed by atoms with Crippen LogP contribution in [-0.2, 0) is 6.42 Å². The zero-order chi connectivity index (χ0) is 36.7. The Bertz CT molecular complexity index is 3380. The topological polar surface area (TPSA) is 9.86 Å². The second-order valence-electron chi connectivity index (χ2n) is 15.2. The lowest BCUT2D eigenvalue weighted by Gasteiger charge is -2.19. The van der Waals surface area contributed by atoms with E-state index in [1.165, 1.54) is 110 Å². The van der Waals surface area contributed by atoms with E-state index in [1.54, 1.807) is 0 Å². The van der Waals surface area contributed by atoms with Crippen LogP contribution in [0.2, 0.25) is 0 Å². The molecular formula is C54H36N2. The largest absolute Gasteiger partial charge is 0.313 e. The molecule has 0 unspecified atom stereocenters. The lowest BCUT2D eigenvalue weighted by Crippen LogP contribution is -2.05. The van der Waals surface area contributed by atoms with Crippen molar-refractivity contribution < 1.29 is 0 Å². The van der Waals surface area contributed by atoms with Crippen molar-refractivity contribution in [3.05, 3.63) is 205 Å². The van der Waals surface area contributed by atoms with E-state index in [2.05, 4.69) is 203 Å². The maximum atomic E-state index is 2.53. The quantitative estimate of drug-likeness (QED) is 0.161. The molecule has 1 aliphatic rings. The van der Waals surface area contributed by atoms with Crippen LogP contribution in [0.4, 0.5) is 0 Å². The SMILES string of the molecule is C1=C(c2ccc3c(c2)c2ccccc2n3-c2cccc(-c3ccccc3)c2)CCc2c1c1ccccc1n2-c1ccc2c3ccccc3c3ccccc3c2c1. The first kappa shape index (κ1) is 31.2. The summed E-state index contributed by atoms with van der Waals surface area (Å²) in [5, 5.41) is 11.7. The summed E-state index contributed by atoms with van der Waals surface area (Å²) in [6, 6.07) is 69.3. The molecule has 2 heteroatoms. The van der Waals surface area contributed by atoms with E-state index in [0.717, 1.165) is 12.8 Å². The molecule has 0 radical (unpaired) electrons. The van der Waals surface area contributed by atoms with Gasteiger partial charge in [0.15, 0.2) is 0 Å². The highest BCUT2D eigenvalue weighted by Crippen LogP contribution is 2.42. The lowest BCUT2D eigenvalue weighted by atomic mass is 9.90. The summed E-state index contributed by atoms with van der Waals surface area (Å²) in [6.07, 6.45) is 4.43. The second kappa shape index (κ2) is 12.2. The summed E-state index contributed by atoms with van der Waals surface area (Å²) < 4.78 is 4.96. The number of fused-ring (bicyclic) bond motifs is 12. The molecule has 12 rings (SSSR count). The van der Waals surface area contributed by atoms with E-state index in [-0.39, 0.29) is 0 Å². The molecule has 11 aromatic rings. The maximum absolute atomic E-state index is 2.53. The Balaban J connectivity index is 1.01. The van der Waals surface area contributed by atoms with Crippen LogP contribution in [0.15, 0.2) is 188 Å². The van der Waals surface area contributed by atoms with Crippen LogP contribution in [0.25, 0.3) is 99.2 Å². The van der Waals surface area contributed by atoms with Gasteiger partial charge >= 0.3 is 0 Å². The zero-order valence-electron chi connectivity index (χ0n) is 30.8. The van der Waals surface area contributed by atoms with Gasteiger partial charge in [-0.1, -0.05) is 140 Å². The molecule has 0 aliphatic heterocycles. The first-order chi connectivity index (χ1) is 27.8. The normalized spacial score (nSPS) is 13.0. The molecule has 0 N–H and O–H groups in total. The van der Waals surface area contributed by atoms with Gasteiger partial charge in [0.25, 0.3) is 0 Å². The number of rotatable bonds is 4. The molecule has 0 amide bonds. The summed E-state index contributed by atoms with van der Waals surface area (Å²) in [4.78, 5) is 0. The highest BCUT2D eigenvalue weighted by molar-refractivity contribution is 6.25. The van der Waals surface area contributed by atoms with Crippen molar-refractivity contribution in [1.29, 1.82) is 0 Å². The Morgan fingerprint density at radius 3 is 1.62 bits per heavy atom. The summed E-state index contributed by atoms with van der Waals surface area (Å²) in [5.41, 5.74) is 14.0. The van der Waals surface area contributed by atoms with Gasteiger partial charge in [0.2, 0.25) is 0 Å². The average molecular weight is 713 g/mol. The molecule has 0 spiro atoms. The predicted octanol–water partition coefficient (Wildman–Crippen LogP) is 14.3. The van der Waals surface area contributed by atoms with Crippen molar-refractivity contribution in [2.24, 2.45) is 0 Å². The minimum Gasteiger partial charge on any atom is -0.313 e. The molecule has 2 heterocycles. The molecule has 0 fully saturated rings. The van der Waals surface area contributed by atoms with Gasteiger partial charge in [0, 0.05) is 38.8 Å². The highest BCUT2D eigenvalue weighted by Gasteiger charge is 2.23. The van der Waals surface area contributed by atoms with Crippen LogP contribution in [0.1, 0.15) is 23.2 Å². The average Bonchev–Trinajstić information content (AvgIpc) is 3.79. The lowest BCUT2D eigenvalue weighted by molar-refractivity contribution is 0.899. The fourth-order valence-electron chi connectivity index (χ4n) is 9.69. The molecular weight excluding hydrogens is 677 g/mol. The number of hydrogen-bond donors (Lipinski definition) is 0. The van der Waals surface area contributed by atoms with Gasteiger partial charge in [0.1, 0.15) is 0 Å². The zero-order valence-corrected chi connectivity index (χ0v) is 30.8. The first-order valence-corrected chi connectivity index (χ1v) is 19.6. The van der Waals surface area contributed by atoms with Crippen molar-refractivity contribution in [2.45, 2.75) is 12.8 Å². The molecule has 56 heavy (non-hydrogen) atoms. The van der Waals surface area contributed by atoms with Crippen LogP contribution in [0, 0.1) is 0 Å². The number of benzene rings is 9. The van der Waals surface area contributed by atoms with Crippen molar-refractivity contribution >= 4 is 76.7 Å². The fraction of sp³-hybridized carbons (Fsp3) is 0.0370. The molecule has 0 bridgehead atoms. The number of para-hydroxylation sites is 2. The van der Waals surface area contributed by atoms with Crippen LogP contribution >= 0.6 is 0 Å². The Kier molecular flexibility index (Phi) is 6.79. The molecule has 1 aliphatic carbocycles. The van der Waals surface area contributed by atoms with Gasteiger partial charge in [0.05, 0.1) is 16.6 Å². The predicted molar refractivity (Wildman–Crippen MR) is 238 cm³/mol. The molecule has 0 saturated carbocycles. The Morgan fingerprint density at radius 2 is 0.875 bits per heavy atom. The van der Waals surface area contributed by atoms with Crippen LogP contribution in [0.3, 0.4) is 0 Å². The highest BCUT2D eigenvalue weighted by atomic mass is 15.0. The summed E-state index contributed by atoms with van der Waals surface area (Å²) in [5.74, 6) is 0. The van der Waals surface area contributed by atoms with E-state index >= 15 is 0 Å². The molecule has 0 saturated heterocycles. The smallest absolute Gasteiger partial charge is 0.0541 e. The van der Waals surface area contributed by atoms with Gasteiger partial charge < -0.3 is 9.13 Å². The molecule has 2 aromatic heterocycles. The number of allylic oxidation sites excluding steroid dienone is 1. The van der Waals surface area contributed by atoms with Crippen molar-refractivity contribution in [1.82, 2.24) is 9.13 Å². The number of nitrogens with zero attached hydrogens (tertiary/aromatic N) is 2. The minimum atomic E-state index is 0.971. The Morgan fingerprint density at radius 1 is 0.304 bits per heavy atom. The number of aromatic nitrogens is 2. The second-order valence-corrected chi connectivity index (χ2v) is 15.2. The Labute approximate surface area is 324 Å². The maximum Gasteiger partial charge on any atom is 0.0541 e. The van der Waals surface area contributed by atoms with Crippen molar-refractivity contribution in [3.8, 4) is 22.5 Å². The molecule has 2 nitrogen and oxygen atoms in total. The van der Waals surface area contributed by atoms with E-state index in [9.17, 15) is 0 Å². The van der Waals surface area contributed by atoms with Gasteiger partial charge in [-0.3, -0.25) is 0 Å². The fourth-order valence-corrected chi connectivity index (χ4v) is 9.69. The van der Waals surface area contributed by atoms with Crippen LogP contribution in [0.5, 0.6) is 0 Å². The van der Waals surface area contributed by atoms with Gasteiger partial charge in [-0.2, -0.15) is 0 Å². The Hall–Kier alpha value is -7.16. The van der Waals surface area contributed by atoms with Crippen LogP contribution in [-0.4, -0.2) is 9.13 Å². The minimum absolute atomic E-state index is 0.971. The number of hydrogen-bond acceptors (Lipinski definition) is 0. The third kappa shape index (κ3) is 4.63. The van der Waals surface area contributed by atoms with E-state index in [0.29, 0.717) is 0 Å². The van der Waals surface area contributed by atoms with Gasteiger partial charge in [-0.25, -0.2) is 0 Å². The van der Waals surface area contributed by atoms with Gasteiger partial charge in [-0.15, -0.1) is 0 Å². The van der Waals surface area contributed by atoms with E-state index in [1.807, 2.05) is 0 Å². The summed E-state index contributed by atoms with van der Waals surface area (Å²) >= 11 is 0. The molecule has 0 atom stereocenters. The summed E-state index contributed by atoms with van der Waals surface area (Å²) in [6.45, 7) is 0. The van der Waals surface area contributed by atoms with Crippen molar-refractivity contribution in [2.75, 3.05) is 0 Å². The van der Waals surface area contributed by atoms with Crippen LogP contribution < -0.4 is 0 Å². The molecule has 262 valence electrons. The van der Waals surface area contributed by atoms with E-state index in [4.69, 9.17) is 0 Å². The molecule has 9 aromatic carbocycles. The summed E-state index contributed by atoms with van der Waals surface area (Å²) in [7, 11) is 0. The standard InChI is InChI=1S/C54H36N2/c1-2-13-35(14-3-1)36-15-12-16-39(31-36)55-51-23-10-8-21-46(51)49-32-37(25-29-53(49)55)38-26-30-54-50(33-38)47-22-9-11-24-52(47)56(54)40-27-28-45-43-19-5-4-17-41(43)42-18-6-7-20-44(42)48(45)34-40/h1-25,27-29,31-34H,26,30H2. The monoisotopic (exact) mass is 712 g/mol. The first-order valence-electron chi connectivity index (χ1n) is 19.6. The third-order valence-electron chi connectivity index (χ3n) is 12.2.